The van der Waals surface area contributed by atoms with Crippen molar-refractivity contribution < 1.29 is 34.1 Å². The fourth-order valence-corrected chi connectivity index (χ4v) is 2.74. The van der Waals surface area contributed by atoms with Crippen LogP contribution in [0.5, 0.6) is 0 Å². The summed E-state index contributed by atoms with van der Waals surface area (Å²) < 4.78 is 4.56. The minimum atomic E-state index is -2.09. The summed E-state index contributed by atoms with van der Waals surface area (Å²) in [4.78, 5) is 46.9. The molecule has 106 valence electrons. The van der Waals surface area contributed by atoms with Gasteiger partial charge in [0.05, 0.1) is 11.1 Å². The van der Waals surface area contributed by atoms with Crippen molar-refractivity contribution in [1.29, 1.82) is 0 Å². The van der Waals surface area contributed by atoms with E-state index in [0.717, 1.165) is 0 Å². The number of hydrogen-bond donors (Lipinski definition) is 2. The minimum absolute atomic E-state index is 0.0248. The third-order valence-corrected chi connectivity index (χ3v) is 3.76. The van der Waals surface area contributed by atoms with Crippen molar-refractivity contribution in [1.82, 2.24) is 0 Å². The summed E-state index contributed by atoms with van der Waals surface area (Å²) in [6, 6.07) is 3.92. The van der Waals surface area contributed by atoms with Crippen LogP contribution in [0.3, 0.4) is 0 Å². The average Bonchev–Trinajstić information content (AvgIpc) is 2.61. The minimum Gasteiger partial charge on any atom is -0.480 e. The van der Waals surface area contributed by atoms with Crippen LogP contribution in [0.1, 0.15) is 27.9 Å². The Balaban J connectivity index is 2.46. The molecule has 0 aromatic heterocycles. The highest BCUT2D eigenvalue weighted by Crippen LogP contribution is 2.45. The fraction of sp³-hybridized carbons (Fsp3) is 0.143. The van der Waals surface area contributed by atoms with Crippen molar-refractivity contribution in [2.24, 2.45) is 0 Å². The van der Waals surface area contributed by atoms with Crippen LogP contribution in [0.15, 0.2) is 24.3 Å². The van der Waals surface area contributed by atoms with Crippen molar-refractivity contribution in [3.8, 4) is 0 Å². The van der Waals surface area contributed by atoms with Crippen molar-refractivity contribution in [3.05, 3.63) is 41.0 Å². The number of rotatable bonds is 2. The third-order valence-electron chi connectivity index (χ3n) is 3.76. The van der Waals surface area contributed by atoms with Crippen LogP contribution >= 0.6 is 0 Å². The molecule has 7 nitrogen and oxygen atoms in total. The molecular weight excluding hydrogens is 280 g/mol. The van der Waals surface area contributed by atoms with Gasteiger partial charge in [-0.15, -0.1) is 0 Å². The number of carboxylic acids is 2. The van der Waals surface area contributed by atoms with E-state index >= 15 is 0 Å². The Hall–Kier alpha value is -2.96. The molecule has 3 aliphatic rings. The maximum atomic E-state index is 12.1. The molecule has 21 heavy (non-hydrogen) atoms. The quantitative estimate of drug-likeness (QED) is 0.603. The molecule has 0 spiro atoms. The van der Waals surface area contributed by atoms with E-state index in [0.29, 0.717) is 0 Å². The lowest BCUT2D eigenvalue weighted by molar-refractivity contribution is -0.165. The van der Waals surface area contributed by atoms with E-state index in [2.05, 4.69) is 4.74 Å². The number of ether oxygens (including phenoxy) is 1. The molecule has 1 atom stereocenters. The number of aromatic carboxylic acids is 1. The maximum Gasteiger partial charge on any atom is 0.346 e. The van der Waals surface area contributed by atoms with Gasteiger partial charge in [0.2, 0.25) is 0 Å². The molecule has 2 aliphatic heterocycles. The van der Waals surface area contributed by atoms with E-state index in [9.17, 15) is 29.4 Å². The standard InChI is InChI=1S/C14H8O7/c15-10(16)6-2-1-3-8-9(6)7-4-5-14(8,12(18)19)13(20)21-11(7)17/h1-4H,5H2,(H,15,16)(H,18,19). The molecular formula is C14H8O7. The van der Waals surface area contributed by atoms with Gasteiger partial charge in [0.15, 0.2) is 5.41 Å². The molecule has 7 heteroatoms. The van der Waals surface area contributed by atoms with Gasteiger partial charge in [0.1, 0.15) is 0 Å². The van der Waals surface area contributed by atoms with Crippen LogP contribution in [0.4, 0.5) is 0 Å². The normalized spacial score (nSPS) is 23.0. The van der Waals surface area contributed by atoms with Gasteiger partial charge in [-0.25, -0.2) is 14.4 Å². The van der Waals surface area contributed by atoms with Crippen molar-refractivity contribution in [2.75, 3.05) is 0 Å². The molecule has 0 saturated carbocycles. The Kier molecular flexibility index (Phi) is 2.49. The first kappa shape index (κ1) is 13.0. The van der Waals surface area contributed by atoms with Gasteiger partial charge in [-0.1, -0.05) is 18.2 Å². The Morgan fingerprint density at radius 2 is 1.90 bits per heavy atom. The Morgan fingerprint density at radius 3 is 2.52 bits per heavy atom. The van der Waals surface area contributed by atoms with Crippen molar-refractivity contribution in [2.45, 2.75) is 11.8 Å². The molecule has 1 aliphatic carbocycles. The lowest BCUT2D eigenvalue weighted by Crippen LogP contribution is -2.45. The Morgan fingerprint density at radius 1 is 1.19 bits per heavy atom. The van der Waals surface area contributed by atoms with Crippen LogP contribution in [-0.2, 0) is 24.5 Å². The van der Waals surface area contributed by atoms with E-state index in [-0.39, 0.29) is 28.7 Å². The van der Waals surface area contributed by atoms with E-state index in [4.69, 9.17) is 0 Å². The number of carbonyl (C=O) groups is 4. The molecule has 0 fully saturated rings. The second kappa shape index (κ2) is 4.02. The number of allylic oxidation sites excluding steroid dienone is 1. The zero-order valence-electron chi connectivity index (χ0n) is 10.5. The number of fused-ring (bicyclic) bond motifs is 3. The topological polar surface area (TPSA) is 118 Å². The molecule has 2 bridgehead atoms. The second-order valence-corrected chi connectivity index (χ2v) is 4.74. The molecule has 0 saturated heterocycles. The van der Waals surface area contributed by atoms with Gasteiger partial charge in [0, 0.05) is 5.56 Å². The smallest absolute Gasteiger partial charge is 0.346 e. The summed E-state index contributed by atoms with van der Waals surface area (Å²) in [7, 11) is 0. The summed E-state index contributed by atoms with van der Waals surface area (Å²) in [6.07, 6.45) is 0.994. The van der Waals surface area contributed by atoms with Crippen LogP contribution in [0, 0.1) is 0 Å². The number of esters is 2. The second-order valence-electron chi connectivity index (χ2n) is 4.74. The molecule has 1 aromatic rings. The van der Waals surface area contributed by atoms with Crippen molar-refractivity contribution >= 4 is 29.5 Å². The molecule has 0 amide bonds. The van der Waals surface area contributed by atoms with Crippen LogP contribution in [0.25, 0.3) is 5.57 Å². The molecule has 1 unspecified atom stereocenters. The largest absolute Gasteiger partial charge is 0.480 e. The lowest BCUT2D eigenvalue weighted by Gasteiger charge is -2.28. The summed E-state index contributed by atoms with van der Waals surface area (Å²) in [5.41, 5.74) is -2.50. The van der Waals surface area contributed by atoms with Crippen LogP contribution < -0.4 is 0 Å². The molecule has 2 heterocycles. The van der Waals surface area contributed by atoms with Crippen LogP contribution in [-0.4, -0.2) is 34.1 Å². The van der Waals surface area contributed by atoms with Crippen LogP contribution in [0.2, 0.25) is 0 Å². The van der Waals surface area contributed by atoms with Gasteiger partial charge < -0.3 is 14.9 Å². The van der Waals surface area contributed by atoms with E-state index in [1.165, 1.54) is 24.3 Å². The average molecular weight is 288 g/mol. The Bertz CT molecular complexity index is 759. The van der Waals surface area contributed by atoms with Gasteiger partial charge in [-0.3, -0.25) is 4.79 Å². The molecule has 4 rings (SSSR count). The highest BCUT2D eigenvalue weighted by Gasteiger charge is 2.56. The lowest BCUT2D eigenvalue weighted by atomic mass is 9.70. The van der Waals surface area contributed by atoms with Crippen molar-refractivity contribution in [3.63, 3.8) is 0 Å². The zero-order chi connectivity index (χ0) is 15.4. The summed E-state index contributed by atoms with van der Waals surface area (Å²) in [5, 5.41) is 18.7. The van der Waals surface area contributed by atoms with E-state index < -0.39 is 29.3 Å². The van der Waals surface area contributed by atoms with E-state index in [1.54, 1.807) is 0 Å². The summed E-state index contributed by atoms with van der Waals surface area (Å²) in [6.45, 7) is 0. The first-order chi connectivity index (χ1) is 9.89. The van der Waals surface area contributed by atoms with Gasteiger partial charge in [0.25, 0.3) is 0 Å². The zero-order valence-corrected chi connectivity index (χ0v) is 10.5. The SMILES string of the molecule is O=C1OC(=O)C2(C(=O)O)CC=C1c1c(C(=O)O)cccc12. The number of benzene rings is 1. The summed E-state index contributed by atoms with van der Waals surface area (Å²) in [5.74, 6) is -5.04. The third kappa shape index (κ3) is 1.48. The highest BCUT2D eigenvalue weighted by molar-refractivity contribution is 6.28. The number of aliphatic carboxylic acids is 1. The van der Waals surface area contributed by atoms with E-state index in [1.807, 2.05) is 0 Å². The monoisotopic (exact) mass is 288 g/mol. The number of carbonyl (C=O) groups excluding carboxylic acids is 2. The Labute approximate surface area is 117 Å². The van der Waals surface area contributed by atoms with Gasteiger partial charge >= 0.3 is 23.9 Å². The highest BCUT2D eigenvalue weighted by atomic mass is 16.6. The molecule has 1 aromatic carbocycles. The van der Waals surface area contributed by atoms with Gasteiger partial charge in [-0.2, -0.15) is 0 Å². The molecule has 0 radical (unpaired) electrons. The first-order valence-corrected chi connectivity index (χ1v) is 5.97. The fourth-order valence-electron chi connectivity index (χ4n) is 2.74. The predicted molar refractivity (Wildman–Crippen MR) is 66.4 cm³/mol. The summed E-state index contributed by atoms with van der Waals surface area (Å²) >= 11 is 0. The number of carboxylic acid groups (broad SMARTS) is 2. The molecule has 2 N–H and O–H groups in total. The first-order valence-electron chi connectivity index (χ1n) is 5.97. The predicted octanol–water partition coefficient (Wildman–Crippen LogP) is 0.578. The van der Waals surface area contributed by atoms with Gasteiger partial charge in [-0.05, 0) is 18.1 Å². The maximum absolute atomic E-state index is 12.1. The number of hydrogen-bond acceptors (Lipinski definition) is 5.